The van der Waals surface area contributed by atoms with E-state index in [4.69, 9.17) is 4.42 Å². The van der Waals surface area contributed by atoms with Crippen molar-refractivity contribution in [3.8, 4) is 0 Å². The van der Waals surface area contributed by atoms with Crippen molar-refractivity contribution in [1.82, 2.24) is 4.90 Å². The van der Waals surface area contributed by atoms with Gasteiger partial charge in [0.25, 0.3) is 5.91 Å². The van der Waals surface area contributed by atoms with Crippen molar-refractivity contribution in [3.05, 3.63) is 84.1 Å². The number of nitrogens with one attached hydrogen (secondary N) is 1. The summed E-state index contributed by atoms with van der Waals surface area (Å²) in [6.45, 7) is 1.45. The van der Waals surface area contributed by atoms with Gasteiger partial charge in [0.15, 0.2) is 5.76 Å². The molecule has 148 valence electrons. The molecule has 2 heterocycles. The van der Waals surface area contributed by atoms with Gasteiger partial charge >= 0.3 is 6.03 Å². The van der Waals surface area contributed by atoms with E-state index in [9.17, 15) is 14.0 Å². The zero-order chi connectivity index (χ0) is 20.2. The average Bonchev–Trinajstić information content (AvgIpc) is 3.25. The molecule has 4 rings (SSSR count). The fourth-order valence-corrected chi connectivity index (χ4v) is 3.41. The number of benzene rings is 2. The molecule has 1 saturated heterocycles. The molecule has 0 spiro atoms. The summed E-state index contributed by atoms with van der Waals surface area (Å²) < 4.78 is 18.6. The van der Waals surface area contributed by atoms with Gasteiger partial charge in [-0.05, 0) is 48.4 Å². The van der Waals surface area contributed by atoms with Crippen LogP contribution in [-0.4, -0.2) is 29.9 Å². The van der Waals surface area contributed by atoms with Gasteiger partial charge in [-0.3, -0.25) is 9.69 Å². The number of furan rings is 1. The third-order valence-corrected chi connectivity index (χ3v) is 4.76. The van der Waals surface area contributed by atoms with Crippen molar-refractivity contribution < 1.29 is 18.4 Å². The van der Waals surface area contributed by atoms with Crippen LogP contribution in [0.4, 0.5) is 20.6 Å². The van der Waals surface area contributed by atoms with Crippen LogP contribution in [0.25, 0.3) is 0 Å². The number of carbonyl (C=O) groups is 2. The van der Waals surface area contributed by atoms with Gasteiger partial charge in [-0.15, -0.1) is 0 Å². The smallest absolute Gasteiger partial charge is 0.324 e. The average molecular weight is 393 g/mol. The van der Waals surface area contributed by atoms with Crippen molar-refractivity contribution in [2.45, 2.75) is 13.0 Å². The molecule has 1 aromatic heterocycles. The van der Waals surface area contributed by atoms with E-state index in [0.29, 0.717) is 31.0 Å². The molecule has 1 N–H and O–H groups in total. The fraction of sp³-hybridized carbons (Fsp3) is 0.182. The second-order valence-corrected chi connectivity index (χ2v) is 6.79. The summed E-state index contributed by atoms with van der Waals surface area (Å²) in [5.74, 6) is -0.518. The molecular weight excluding hydrogens is 373 g/mol. The van der Waals surface area contributed by atoms with Crippen molar-refractivity contribution in [2.24, 2.45) is 0 Å². The van der Waals surface area contributed by atoms with E-state index in [-0.39, 0.29) is 23.5 Å². The van der Waals surface area contributed by atoms with E-state index in [2.05, 4.69) is 5.32 Å². The maximum Gasteiger partial charge on any atom is 0.324 e. The first-order chi connectivity index (χ1) is 14.1. The zero-order valence-electron chi connectivity index (χ0n) is 15.7. The normalized spacial score (nSPS) is 14.2. The lowest BCUT2D eigenvalue weighted by molar-refractivity contribution is 0.0996. The van der Waals surface area contributed by atoms with E-state index in [1.165, 1.54) is 18.4 Å². The summed E-state index contributed by atoms with van der Waals surface area (Å²) in [6, 6.07) is 16.4. The first-order valence-electron chi connectivity index (χ1n) is 9.36. The quantitative estimate of drug-likeness (QED) is 0.694. The monoisotopic (exact) mass is 393 g/mol. The van der Waals surface area contributed by atoms with Gasteiger partial charge in [-0.1, -0.05) is 24.3 Å². The van der Waals surface area contributed by atoms with Crippen molar-refractivity contribution >= 4 is 23.3 Å². The second-order valence-electron chi connectivity index (χ2n) is 6.79. The van der Waals surface area contributed by atoms with Crippen molar-refractivity contribution in [2.75, 3.05) is 23.3 Å². The van der Waals surface area contributed by atoms with Crippen LogP contribution in [0.5, 0.6) is 0 Å². The zero-order valence-corrected chi connectivity index (χ0v) is 15.7. The molecule has 1 fully saturated rings. The number of hydrogen-bond donors (Lipinski definition) is 1. The Morgan fingerprint density at radius 3 is 2.72 bits per heavy atom. The standard InChI is InChI=1S/C22H20FN3O3/c23-17-7-3-6-16(14-17)15-25-11-5-12-26(22(25)28)19-9-2-1-8-18(19)24-21(27)20-10-4-13-29-20/h1-4,6-10,13-14H,5,11-12,15H2,(H,24,27). The molecule has 1 aliphatic rings. The topological polar surface area (TPSA) is 65.8 Å². The highest BCUT2D eigenvalue weighted by Gasteiger charge is 2.28. The molecule has 0 aliphatic carbocycles. The summed E-state index contributed by atoms with van der Waals surface area (Å²) in [4.78, 5) is 28.8. The van der Waals surface area contributed by atoms with E-state index >= 15 is 0 Å². The molecule has 0 bridgehead atoms. The van der Waals surface area contributed by atoms with Crippen LogP contribution in [0.1, 0.15) is 22.5 Å². The lowest BCUT2D eigenvalue weighted by Crippen LogP contribution is -2.49. The predicted octanol–water partition coefficient (Wildman–Crippen LogP) is 4.50. The third-order valence-electron chi connectivity index (χ3n) is 4.76. The first-order valence-corrected chi connectivity index (χ1v) is 9.36. The summed E-state index contributed by atoms with van der Waals surface area (Å²) >= 11 is 0. The number of nitrogens with zero attached hydrogens (tertiary/aromatic N) is 2. The largest absolute Gasteiger partial charge is 0.459 e. The molecule has 0 radical (unpaired) electrons. The Morgan fingerprint density at radius 2 is 1.93 bits per heavy atom. The Labute approximate surface area is 167 Å². The summed E-state index contributed by atoms with van der Waals surface area (Å²) in [6.07, 6.45) is 2.20. The minimum absolute atomic E-state index is 0.180. The van der Waals surface area contributed by atoms with E-state index in [0.717, 1.165) is 12.0 Å². The molecule has 3 aromatic rings. The van der Waals surface area contributed by atoms with Crippen LogP contribution in [0.2, 0.25) is 0 Å². The molecule has 2 aromatic carbocycles. The first kappa shape index (κ1) is 18.7. The molecule has 6 nitrogen and oxygen atoms in total. The van der Waals surface area contributed by atoms with E-state index in [1.54, 1.807) is 52.3 Å². The van der Waals surface area contributed by atoms with Crippen LogP contribution >= 0.6 is 0 Å². The molecule has 1 aliphatic heterocycles. The number of carbonyl (C=O) groups excluding carboxylic acids is 2. The predicted molar refractivity (Wildman–Crippen MR) is 107 cm³/mol. The maximum absolute atomic E-state index is 13.5. The van der Waals surface area contributed by atoms with Crippen molar-refractivity contribution in [3.63, 3.8) is 0 Å². The Morgan fingerprint density at radius 1 is 1.07 bits per heavy atom. The Hall–Kier alpha value is -3.61. The lowest BCUT2D eigenvalue weighted by atomic mass is 10.1. The van der Waals surface area contributed by atoms with Gasteiger partial charge in [0.05, 0.1) is 17.6 Å². The maximum atomic E-state index is 13.5. The SMILES string of the molecule is O=C(Nc1ccccc1N1CCCN(Cc2cccc(F)c2)C1=O)c1ccco1. The summed E-state index contributed by atoms with van der Waals surface area (Å²) in [7, 11) is 0. The van der Waals surface area contributed by atoms with Gasteiger partial charge in [0, 0.05) is 19.6 Å². The van der Waals surface area contributed by atoms with Crippen LogP contribution in [0, 0.1) is 5.82 Å². The minimum Gasteiger partial charge on any atom is -0.459 e. The highest BCUT2D eigenvalue weighted by atomic mass is 19.1. The molecular formula is C22H20FN3O3. The molecule has 3 amide bonds. The van der Waals surface area contributed by atoms with Gasteiger partial charge in [0.2, 0.25) is 0 Å². The molecule has 0 atom stereocenters. The highest BCUT2D eigenvalue weighted by Crippen LogP contribution is 2.29. The lowest BCUT2D eigenvalue weighted by Gasteiger charge is -2.36. The Kier molecular flexibility index (Phi) is 5.29. The van der Waals surface area contributed by atoms with Gasteiger partial charge < -0.3 is 14.6 Å². The number of halogens is 1. The second kappa shape index (κ2) is 8.18. The van der Waals surface area contributed by atoms with Crippen molar-refractivity contribution in [1.29, 1.82) is 0 Å². The number of para-hydroxylation sites is 2. The highest BCUT2D eigenvalue weighted by molar-refractivity contribution is 6.06. The van der Waals surface area contributed by atoms with Gasteiger partial charge in [-0.25, -0.2) is 9.18 Å². The van der Waals surface area contributed by atoms with Gasteiger partial charge in [0.1, 0.15) is 5.82 Å². The number of amides is 3. The fourth-order valence-electron chi connectivity index (χ4n) is 3.41. The molecule has 29 heavy (non-hydrogen) atoms. The number of rotatable bonds is 5. The van der Waals surface area contributed by atoms with Crippen LogP contribution in [0.15, 0.2) is 71.3 Å². The van der Waals surface area contributed by atoms with E-state index < -0.39 is 0 Å². The Bertz CT molecular complexity index is 1020. The van der Waals surface area contributed by atoms with Crippen LogP contribution in [-0.2, 0) is 6.54 Å². The summed E-state index contributed by atoms with van der Waals surface area (Å²) in [5, 5.41) is 2.81. The van der Waals surface area contributed by atoms with E-state index in [1.807, 2.05) is 6.07 Å². The molecule has 0 saturated carbocycles. The van der Waals surface area contributed by atoms with Crippen LogP contribution in [0.3, 0.4) is 0 Å². The number of hydrogen-bond acceptors (Lipinski definition) is 3. The third kappa shape index (κ3) is 4.13. The number of anilines is 2. The van der Waals surface area contributed by atoms with Crippen LogP contribution < -0.4 is 10.2 Å². The summed E-state index contributed by atoms with van der Waals surface area (Å²) in [5.41, 5.74) is 1.87. The van der Waals surface area contributed by atoms with Gasteiger partial charge in [-0.2, -0.15) is 0 Å². The number of urea groups is 1. The molecule has 0 unspecified atom stereocenters. The Balaban J connectivity index is 1.54. The molecule has 7 heteroatoms. The minimum atomic E-state index is -0.386.